The van der Waals surface area contributed by atoms with Crippen molar-refractivity contribution in [3.05, 3.63) is 35.9 Å². The van der Waals surface area contributed by atoms with Gasteiger partial charge >= 0.3 is 0 Å². The average Bonchev–Trinajstić information content (AvgIpc) is 2.30. The molecular weight excluding hydrogens is 208 g/mol. The quantitative estimate of drug-likeness (QED) is 0.762. The Kier molecular flexibility index (Phi) is 9.92. The van der Waals surface area contributed by atoms with Crippen molar-refractivity contribution in [1.29, 1.82) is 0 Å². The summed E-state index contributed by atoms with van der Waals surface area (Å²) in [5.41, 5.74) is 5.31. The Morgan fingerprint density at radius 2 is 1.31 bits per heavy atom. The van der Waals surface area contributed by atoms with Gasteiger partial charge in [0.05, 0.1) is 0 Å². The molecule has 0 unspecified atom stereocenters. The number of hydrogen-bond donors (Lipinski definition) is 1. The predicted octanol–water partition coefficient (Wildman–Crippen LogP) is 3.88. The summed E-state index contributed by atoms with van der Waals surface area (Å²) in [6.45, 7) is 3.09. The molecule has 0 atom stereocenters. The highest BCUT2D eigenvalue weighted by molar-refractivity contribution is 5.04. The molecule has 16 heavy (non-hydrogen) atoms. The molecule has 0 radical (unpaired) electrons. The molecule has 0 saturated heterocycles. The minimum Gasteiger partial charge on any atom is -0.330 e. The molecule has 1 aromatic rings. The smallest absolute Gasteiger partial charge is 0.123 e. The van der Waals surface area contributed by atoms with E-state index in [1.165, 1.54) is 32.1 Å². The second-order valence-electron chi connectivity index (χ2n) is 3.64. The van der Waals surface area contributed by atoms with Crippen LogP contribution in [0.1, 0.15) is 39.0 Å². The van der Waals surface area contributed by atoms with E-state index in [1.807, 2.05) is 0 Å². The van der Waals surface area contributed by atoms with E-state index in [4.69, 9.17) is 5.73 Å². The van der Waals surface area contributed by atoms with E-state index in [-0.39, 0.29) is 0 Å². The van der Waals surface area contributed by atoms with Crippen LogP contribution in [0, 0.1) is 11.6 Å². The highest BCUT2D eigenvalue weighted by atomic mass is 19.1. The molecule has 1 aromatic carbocycles. The van der Waals surface area contributed by atoms with Crippen LogP contribution in [0.4, 0.5) is 8.78 Å². The number of unbranched alkanes of at least 4 members (excludes halogenated alkanes) is 4. The maximum Gasteiger partial charge on any atom is 0.123 e. The fraction of sp³-hybridized carbons (Fsp3) is 0.538. The molecular formula is C13H21F2N. The summed E-state index contributed by atoms with van der Waals surface area (Å²) in [7, 11) is 0. The van der Waals surface area contributed by atoms with Crippen LogP contribution in [-0.2, 0) is 0 Å². The molecule has 0 amide bonds. The van der Waals surface area contributed by atoms with E-state index in [1.54, 1.807) is 0 Å². The molecule has 0 aliphatic rings. The minimum atomic E-state index is -0.411. The van der Waals surface area contributed by atoms with Gasteiger partial charge in [-0.1, -0.05) is 32.6 Å². The summed E-state index contributed by atoms with van der Waals surface area (Å²) in [6, 6.07) is 4.31. The second kappa shape index (κ2) is 10.6. The lowest BCUT2D eigenvalue weighted by Crippen LogP contribution is -1.97. The molecule has 3 heteroatoms. The van der Waals surface area contributed by atoms with Gasteiger partial charge in [-0.3, -0.25) is 0 Å². The molecule has 0 saturated carbocycles. The zero-order valence-electron chi connectivity index (χ0n) is 9.89. The zero-order valence-corrected chi connectivity index (χ0v) is 9.89. The van der Waals surface area contributed by atoms with E-state index in [0.717, 1.165) is 30.8 Å². The van der Waals surface area contributed by atoms with Gasteiger partial charge in [-0.25, -0.2) is 8.78 Å². The molecule has 0 aliphatic heterocycles. The number of nitrogens with two attached hydrogens (primary N) is 1. The van der Waals surface area contributed by atoms with Gasteiger partial charge in [-0.15, -0.1) is 0 Å². The van der Waals surface area contributed by atoms with Crippen LogP contribution >= 0.6 is 0 Å². The molecule has 0 fully saturated rings. The zero-order chi connectivity index (χ0) is 12.2. The van der Waals surface area contributed by atoms with Crippen molar-refractivity contribution in [2.45, 2.75) is 39.0 Å². The number of hydrogen-bond acceptors (Lipinski definition) is 1. The summed E-state index contributed by atoms with van der Waals surface area (Å²) < 4.78 is 23.8. The summed E-state index contributed by atoms with van der Waals surface area (Å²) in [6.07, 6.45) is 6.60. The fourth-order valence-electron chi connectivity index (χ4n) is 1.18. The normalized spacial score (nSPS) is 9.50. The lowest BCUT2D eigenvalue weighted by Gasteiger charge is -1.93. The number of rotatable bonds is 5. The van der Waals surface area contributed by atoms with Gasteiger partial charge in [-0.05, 0) is 37.2 Å². The Bertz CT molecular complexity index is 220. The first-order valence-corrected chi connectivity index (χ1v) is 5.81. The second-order valence-corrected chi connectivity index (χ2v) is 3.64. The van der Waals surface area contributed by atoms with Crippen LogP contribution in [0.3, 0.4) is 0 Å². The first-order valence-electron chi connectivity index (χ1n) is 5.81. The average molecular weight is 229 g/mol. The maximum atomic E-state index is 11.9. The molecule has 0 heterocycles. The van der Waals surface area contributed by atoms with Crippen molar-refractivity contribution >= 4 is 0 Å². The molecule has 0 spiro atoms. The standard InChI is InChI=1S/C7H17N.C6H4F2/c1-2-3-4-5-6-7-8;7-5-1-2-6(8)4-3-5/h2-8H2,1H3;1-4H. The highest BCUT2D eigenvalue weighted by Crippen LogP contribution is 2.00. The van der Waals surface area contributed by atoms with Crippen molar-refractivity contribution in [2.24, 2.45) is 5.73 Å². The third-order valence-electron chi connectivity index (χ3n) is 2.11. The maximum absolute atomic E-state index is 11.9. The van der Waals surface area contributed by atoms with E-state index in [0.29, 0.717) is 0 Å². The van der Waals surface area contributed by atoms with E-state index >= 15 is 0 Å². The predicted molar refractivity (Wildman–Crippen MR) is 64.2 cm³/mol. The van der Waals surface area contributed by atoms with Crippen LogP contribution in [-0.4, -0.2) is 6.54 Å². The van der Waals surface area contributed by atoms with Crippen LogP contribution < -0.4 is 5.73 Å². The van der Waals surface area contributed by atoms with Crippen molar-refractivity contribution in [3.63, 3.8) is 0 Å². The molecule has 0 aliphatic carbocycles. The third-order valence-corrected chi connectivity index (χ3v) is 2.11. The largest absolute Gasteiger partial charge is 0.330 e. The fourth-order valence-corrected chi connectivity index (χ4v) is 1.18. The Hall–Kier alpha value is -0.960. The Balaban J connectivity index is 0.000000281. The number of benzene rings is 1. The van der Waals surface area contributed by atoms with Gasteiger partial charge in [0, 0.05) is 0 Å². The van der Waals surface area contributed by atoms with Crippen molar-refractivity contribution in [1.82, 2.24) is 0 Å². The first-order chi connectivity index (χ1) is 7.70. The van der Waals surface area contributed by atoms with Gasteiger partial charge in [0.15, 0.2) is 0 Å². The van der Waals surface area contributed by atoms with Crippen LogP contribution in [0.15, 0.2) is 24.3 Å². The molecule has 0 bridgehead atoms. The van der Waals surface area contributed by atoms with E-state index in [9.17, 15) is 8.78 Å². The van der Waals surface area contributed by atoms with E-state index in [2.05, 4.69) is 6.92 Å². The van der Waals surface area contributed by atoms with Crippen LogP contribution in [0.5, 0.6) is 0 Å². The van der Waals surface area contributed by atoms with Crippen molar-refractivity contribution < 1.29 is 8.78 Å². The highest BCUT2D eigenvalue weighted by Gasteiger charge is 1.86. The summed E-state index contributed by atoms with van der Waals surface area (Å²) in [4.78, 5) is 0. The summed E-state index contributed by atoms with van der Waals surface area (Å²) in [5, 5.41) is 0. The Morgan fingerprint density at radius 1 is 0.875 bits per heavy atom. The Morgan fingerprint density at radius 3 is 1.69 bits per heavy atom. The molecule has 1 rings (SSSR count). The SMILES string of the molecule is CCCCCCCN.Fc1ccc(F)cc1. The first kappa shape index (κ1) is 15.0. The van der Waals surface area contributed by atoms with Crippen LogP contribution in [0.25, 0.3) is 0 Å². The van der Waals surface area contributed by atoms with Gasteiger partial charge in [-0.2, -0.15) is 0 Å². The van der Waals surface area contributed by atoms with Gasteiger partial charge in [0.2, 0.25) is 0 Å². The van der Waals surface area contributed by atoms with E-state index < -0.39 is 11.6 Å². The number of halogens is 2. The van der Waals surface area contributed by atoms with Crippen LogP contribution in [0.2, 0.25) is 0 Å². The lowest BCUT2D eigenvalue weighted by atomic mass is 10.2. The van der Waals surface area contributed by atoms with Gasteiger partial charge < -0.3 is 5.73 Å². The molecule has 92 valence electrons. The summed E-state index contributed by atoms with van der Waals surface area (Å²) in [5.74, 6) is -0.821. The third kappa shape index (κ3) is 9.59. The topological polar surface area (TPSA) is 26.0 Å². The van der Waals surface area contributed by atoms with Crippen molar-refractivity contribution in [3.8, 4) is 0 Å². The summed E-state index contributed by atoms with van der Waals surface area (Å²) >= 11 is 0. The monoisotopic (exact) mass is 229 g/mol. The van der Waals surface area contributed by atoms with Gasteiger partial charge in [0.25, 0.3) is 0 Å². The van der Waals surface area contributed by atoms with Gasteiger partial charge in [0.1, 0.15) is 11.6 Å². The molecule has 0 aromatic heterocycles. The minimum absolute atomic E-state index is 0.411. The molecule has 1 nitrogen and oxygen atoms in total. The van der Waals surface area contributed by atoms with Crippen molar-refractivity contribution in [2.75, 3.05) is 6.54 Å². The lowest BCUT2D eigenvalue weighted by molar-refractivity contribution is 0.600. The molecule has 2 N–H and O–H groups in total. The Labute approximate surface area is 96.7 Å².